The van der Waals surface area contributed by atoms with Crippen LogP contribution in [0.4, 0.5) is 0 Å². The summed E-state index contributed by atoms with van der Waals surface area (Å²) in [5, 5.41) is 3.32. The Bertz CT molecular complexity index is 1030. The predicted molar refractivity (Wildman–Crippen MR) is 119 cm³/mol. The first-order valence-corrected chi connectivity index (χ1v) is 11.1. The van der Waals surface area contributed by atoms with Crippen molar-refractivity contribution in [3.8, 4) is 11.5 Å². The lowest BCUT2D eigenvalue weighted by Gasteiger charge is -2.20. The fraction of sp³-hybridized carbons (Fsp3) is 0.292. The first kappa shape index (κ1) is 19.4. The average molecular weight is 420 g/mol. The molecule has 1 N–H and O–H groups in total. The number of hydrogen-bond acceptors (Lipinski definition) is 6. The van der Waals surface area contributed by atoms with Gasteiger partial charge in [0.15, 0.2) is 11.5 Å². The minimum absolute atomic E-state index is 0.251. The van der Waals surface area contributed by atoms with E-state index >= 15 is 0 Å². The Morgan fingerprint density at radius 1 is 1.00 bits per heavy atom. The Morgan fingerprint density at radius 2 is 1.80 bits per heavy atom. The number of aromatic nitrogens is 1. The molecule has 2 aliphatic rings. The first-order valence-electron chi connectivity index (χ1n) is 10.3. The number of benzene rings is 2. The summed E-state index contributed by atoms with van der Waals surface area (Å²) in [5.41, 5.74) is 5.09. The van der Waals surface area contributed by atoms with E-state index in [4.69, 9.17) is 14.5 Å². The average Bonchev–Trinajstić information content (AvgIpc) is 3.19. The Kier molecular flexibility index (Phi) is 5.62. The second-order valence-corrected chi connectivity index (χ2v) is 8.76. The third-order valence-corrected chi connectivity index (χ3v) is 6.49. The predicted octanol–water partition coefficient (Wildman–Crippen LogP) is 4.23. The van der Waals surface area contributed by atoms with Crippen LogP contribution in [0.15, 0.2) is 65.7 Å². The number of pyridine rings is 1. The lowest BCUT2D eigenvalue weighted by atomic mass is 9.94. The summed E-state index contributed by atoms with van der Waals surface area (Å²) >= 11 is 1.76. The molecule has 5 rings (SSSR count). The van der Waals surface area contributed by atoms with Gasteiger partial charge >= 0.3 is 0 Å². The van der Waals surface area contributed by atoms with E-state index in [-0.39, 0.29) is 5.92 Å². The third kappa shape index (κ3) is 4.03. The number of nitrogens with zero attached hydrogens (tertiary/aromatic N) is 2. The zero-order valence-electron chi connectivity index (χ0n) is 17.0. The van der Waals surface area contributed by atoms with Gasteiger partial charge in [-0.1, -0.05) is 30.3 Å². The van der Waals surface area contributed by atoms with Crippen molar-refractivity contribution in [1.82, 2.24) is 14.6 Å². The van der Waals surface area contributed by atoms with Crippen molar-refractivity contribution in [2.24, 2.45) is 0 Å². The highest BCUT2D eigenvalue weighted by atomic mass is 32.2. The summed E-state index contributed by atoms with van der Waals surface area (Å²) in [5.74, 6) is 1.92. The molecule has 0 bridgehead atoms. The van der Waals surface area contributed by atoms with Crippen molar-refractivity contribution >= 4 is 11.9 Å². The molecule has 1 aromatic heterocycles. The number of likely N-dealkylation sites (N-methyl/N-ethyl adjacent to an activating group) is 1. The minimum Gasteiger partial charge on any atom is -0.486 e. The molecule has 3 heterocycles. The number of fused-ring (bicyclic) bond motifs is 2. The van der Waals surface area contributed by atoms with Crippen molar-refractivity contribution in [3.63, 3.8) is 0 Å². The summed E-state index contributed by atoms with van der Waals surface area (Å²) in [6.07, 6.45) is 2.06. The van der Waals surface area contributed by atoms with Gasteiger partial charge in [0.25, 0.3) is 0 Å². The third-order valence-electron chi connectivity index (χ3n) is 5.51. The van der Waals surface area contributed by atoms with E-state index in [0.29, 0.717) is 13.2 Å². The summed E-state index contributed by atoms with van der Waals surface area (Å²) in [6, 6.07) is 19.1. The van der Waals surface area contributed by atoms with E-state index in [1.165, 1.54) is 16.7 Å². The van der Waals surface area contributed by atoms with E-state index in [9.17, 15) is 0 Å². The molecule has 2 aromatic carbocycles. The molecule has 1 atom stereocenters. The van der Waals surface area contributed by atoms with Gasteiger partial charge in [0.2, 0.25) is 0 Å². The van der Waals surface area contributed by atoms with Gasteiger partial charge in [-0.3, -0.25) is 4.98 Å². The standard InChI is InChI=1S/C24H25N3O2S/c1-25-14-21(17-5-3-2-4-6-17)22-11-18-15-27(16-19(18)13-26-22)30-20-7-8-23-24(12-20)29-10-9-28-23/h2-8,11-13,21,25H,9-10,14-16H2,1H3. The largest absolute Gasteiger partial charge is 0.486 e. The molecule has 5 nitrogen and oxygen atoms in total. The lowest BCUT2D eigenvalue weighted by Crippen LogP contribution is -2.19. The summed E-state index contributed by atoms with van der Waals surface area (Å²) in [7, 11) is 2.00. The highest BCUT2D eigenvalue weighted by Crippen LogP contribution is 2.38. The van der Waals surface area contributed by atoms with E-state index in [1.54, 1.807) is 11.9 Å². The van der Waals surface area contributed by atoms with Crippen LogP contribution < -0.4 is 14.8 Å². The SMILES string of the molecule is CNCC(c1ccccc1)c1cc2c(cn1)CN(Sc1ccc3c(c1)OCCO3)C2. The van der Waals surface area contributed by atoms with Gasteiger partial charge in [-0.15, -0.1) is 0 Å². The van der Waals surface area contributed by atoms with Crippen LogP contribution >= 0.6 is 11.9 Å². The van der Waals surface area contributed by atoms with Gasteiger partial charge < -0.3 is 14.8 Å². The molecule has 0 amide bonds. The van der Waals surface area contributed by atoms with Crippen LogP contribution in [-0.4, -0.2) is 36.1 Å². The van der Waals surface area contributed by atoms with E-state index in [1.807, 2.05) is 13.1 Å². The first-order chi connectivity index (χ1) is 14.8. The molecule has 0 aliphatic carbocycles. The second kappa shape index (κ2) is 8.68. The molecule has 1 unspecified atom stereocenters. The molecule has 0 saturated heterocycles. The van der Waals surface area contributed by atoms with Gasteiger partial charge in [-0.25, -0.2) is 4.31 Å². The topological polar surface area (TPSA) is 46.6 Å². The molecule has 2 aliphatic heterocycles. The zero-order valence-corrected chi connectivity index (χ0v) is 17.8. The maximum atomic E-state index is 5.72. The lowest BCUT2D eigenvalue weighted by molar-refractivity contribution is 0.171. The minimum atomic E-state index is 0.251. The summed E-state index contributed by atoms with van der Waals surface area (Å²) in [6.45, 7) is 3.90. The summed E-state index contributed by atoms with van der Waals surface area (Å²) in [4.78, 5) is 6.00. The van der Waals surface area contributed by atoms with Gasteiger partial charge in [-0.05, 0) is 60.0 Å². The molecular weight excluding hydrogens is 394 g/mol. The van der Waals surface area contributed by atoms with Crippen LogP contribution in [0, 0.1) is 0 Å². The highest BCUT2D eigenvalue weighted by Gasteiger charge is 2.24. The van der Waals surface area contributed by atoms with Crippen molar-refractivity contribution < 1.29 is 9.47 Å². The van der Waals surface area contributed by atoms with Gasteiger partial charge in [-0.2, -0.15) is 0 Å². The Morgan fingerprint density at radius 3 is 2.63 bits per heavy atom. The quantitative estimate of drug-likeness (QED) is 0.604. The van der Waals surface area contributed by atoms with Crippen LogP contribution in [0.25, 0.3) is 0 Å². The highest BCUT2D eigenvalue weighted by molar-refractivity contribution is 7.97. The molecule has 0 fully saturated rings. The fourth-order valence-electron chi connectivity index (χ4n) is 4.04. The number of rotatable bonds is 6. The van der Waals surface area contributed by atoms with Crippen LogP contribution in [0.2, 0.25) is 0 Å². The second-order valence-electron chi connectivity index (χ2n) is 7.59. The van der Waals surface area contributed by atoms with Crippen molar-refractivity contribution in [2.45, 2.75) is 23.9 Å². The Balaban J connectivity index is 1.32. The number of nitrogens with one attached hydrogen (secondary N) is 1. The molecular formula is C24H25N3O2S. The van der Waals surface area contributed by atoms with Crippen LogP contribution in [0.5, 0.6) is 11.5 Å². The molecule has 0 spiro atoms. The van der Waals surface area contributed by atoms with Crippen LogP contribution in [0.3, 0.4) is 0 Å². The zero-order chi connectivity index (χ0) is 20.3. The Labute approximate surface area is 181 Å². The number of hydrogen-bond donors (Lipinski definition) is 1. The fourth-order valence-corrected chi connectivity index (χ4v) is 5.03. The monoisotopic (exact) mass is 419 g/mol. The van der Waals surface area contributed by atoms with Crippen molar-refractivity contribution in [2.75, 3.05) is 26.8 Å². The molecule has 0 radical (unpaired) electrons. The van der Waals surface area contributed by atoms with E-state index < -0.39 is 0 Å². The molecule has 154 valence electrons. The van der Waals surface area contributed by atoms with Crippen LogP contribution in [-0.2, 0) is 13.1 Å². The van der Waals surface area contributed by atoms with Gasteiger partial charge in [0.05, 0.1) is 0 Å². The normalized spacial score (nSPS) is 16.3. The number of ether oxygens (including phenoxy) is 2. The van der Waals surface area contributed by atoms with Crippen molar-refractivity contribution in [3.05, 3.63) is 83.2 Å². The van der Waals surface area contributed by atoms with E-state index in [2.05, 4.69) is 64.3 Å². The molecule has 0 saturated carbocycles. The van der Waals surface area contributed by atoms with Gasteiger partial charge in [0.1, 0.15) is 13.2 Å². The maximum absolute atomic E-state index is 5.72. The van der Waals surface area contributed by atoms with Crippen LogP contribution in [0.1, 0.15) is 28.3 Å². The smallest absolute Gasteiger partial charge is 0.162 e. The van der Waals surface area contributed by atoms with E-state index in [0.717, 1.165) is 41.7 Å². The molecule has 3 aromatic rings. The molecule has 6 heteroatoms. The molecule has 30 heavy (non-hydrogen) atoms. The van der Waals surface area contributed by atoms with Crippen molar-refractivity contribution in [1.29, 1.82) is 0 Å². The maximum Gasteiger partial charge on any atom is 0.162 e. The summed E-state index contributed by atoms with van der Waals surface area (Å²) < 4.78 is 13.7. The Hall–Kier alpha value is -2.54. The van der Waals surface area contributed by atoms with Gasteiger partial charge in [0, 0.05) is 42.3 Å².